The lowest BCUT2D eigenvalue weighted by atomic mass is 10.0. The van der Waals surface area contributed by atoms with Crippen LogP contribution in [0.5, 0.6) is 0 Å². The Balaban J connectivity index is 1.96. The number of benzene rings is 2. The van der Waals surface area contributed by atoms with Crippen molar-refractivity contribution in [3.63, 3.8) is 0 Å². The molecule has 1 heterocycles. The Morgan fingerprint density at radius 1 is 0.939 bits per heavy atom. The molecule has 2 atom stereocenters. The Kier molecular flexibility index (Phi) is 7.84. The van der Waals surface area contributed by atoms with Crippen molar-refractivity contribution in [3.05, 3.63) is 82.6 Å². The molecule has 3 rings (SSSR count). The van der Waals surface area contributed by atoms with Gasteiger partial charge >= 0.3 is 17.9 Å². The van der Waals surface area contributed by atoms with E-state index in [1.807, 2.05) is 6.07 Å². The summed E-state index contributed by atoms with van der Waals surface area (Å²) in [7, 11) is 2.61. The first-order valence-electron chi connectivity index (χ1n) is 10.4. The summed E-state index contributed by atoms with van der Waals surface area (Å²) in [6, 6.07) is 13.5. The van der Waals surface area contributed by atoms with Gasteiger partial charge < -0.3 is 23.7 Å². The average Bonchev–Trinajstić information content (AvgIpc) is 2.82. The quantitative estimate of drug-likeness (QED) is 0.363. The van der Waals surface area contributed by atoms with Crippen LogP contribution in [0.4, 0.5) is 0 Å². The lowest BCUT2D eigenvalue weighted by Gasteiger charge is -2.33. The molecule has 0 saturated carbocycles. The van der Waals surface area contributed by atoms with Gasteiger partial charge in [0.2, 0.25) is 6.29 Å². The number of methoxy groups -OCH3 is 2. The average molecular weight is 454 g/mol. The number of ether oxygens (including phenoxy) is 5. The van der Waals surface area contributed by atoms with Crippen LogP contribution in [0.15, 0.2) is 60.4 Å². The number of carbonyl (C=O) groups excluding carboxylic acids is 3. The second-order valence-corrected chi connectivity index (χ2v) is 7.61. The van der Waals surface area contributed by atoms with Gasteiger partial charge in [0.25, 0.3) is 0 Å². The molecule has 0 bridgehead atoms. The maximum Gasteiger partial charge on any atom is 0.337 e. The molecule has 0 aliphatic carbocycles. The summed E-state index contributed by atoms with van der Waals surface area (Å²) in [5.41, 5.74) is 1.98. The number of esters is 3. The fraction of sp³-hybridized carbons (Fsp3) is 0.320. The van der Waals surface area contributed by atoms with Crippen LogP contribution in [0, 0.1) is 0 Å². The molecule has 8 heteroatoms. The molecular weight excluding hydrogens is 428 g/mol. The molecule has 0 amide bonds. The lowest BCUT2D eigenvalue weighted by molar-refractivity contribution is -0.191. The van der Waals surface area contributed by atoms with Gasteiger partial charge in [0.1, 0.15) is 5.76 Å². The smallest absolute Gasteiger partial charge is 0.337 e. The van der Waals surface area contributed by atoms with E-state index >= 15 is 0 Å². The van der Waals surface area contributed by atoms with Gasteiger partial charge in [0.15, 0.2) is 0 Å². The van der Waals surface area contributed by atoms with Crippen molar-refractivity contribution < 1.29 is 38.1 Å². The van der Waals surface area contributed by atoms with E-state index in [-0.39, 0.29) is 12.5 Å². The van der Waals surface area contributed by atoms with Crippen LogP contribution in [0.3, 0.4) is 0 Å². The first kappa shape index (κ1) is 24.0. The molecule has 0 spiro atoms. The Hall–Kier alpha value is -3.65. The van der Waals surface area contributed by atoms with E-state index in [9.17, 15) is 14.4 Å². The zero-order chi connectivity index (χ0) is 24.0. The number of hydrogen-bond donors (Lipinski definition) is 0. The standard InChI is InChI=1S/C25H26O8/c1-15(2)31-22(26)14-20-13-21(16-7-5-8-17(11-16)23(27)29-3)33-25(32-20)19-10-6-9-18(12-19)24(28)30-4/h5-12,14-15,21,25H,13H2,1-4H3/b20-14+/t21-,25-/m0/s1. The Morgan fingerprint density at radius 3 is 2.09 bits per heavy atom. The fourth-order valence-corrected chi connectivity index (χ4v) is 3.34. The molecule has 0 radical (unpaired) electrons. The highest BCUT2D eigenvalue weighted by Crippen LogP contribution is 2.40. The second kappa shape index (κ2) is 10.8. The van der Waals surface area contributed by atoms with Crippen molar-refractivity contribution in [2.45, 2.75) is 38.8 Å². The zero-order valence-corrected chi connectivity index (χ0v) is 18.9. The van der Waals surface area contributed by atoms with E-state index < -0.39 is 30.3 Å². The van der Waals surface area contributed by atoms with Gasteiger partial charge in [-0.3, -0.25) is 0 Å². The molecule has 8 nitrogen and oxygen atoms in total. The second-order valence-electron chi connectivity index (χ2n) is 7.61. The molecule has 1 fully saturated rings. The summed E-state index contributed by atoms with van der Waals surface area (Å²) < 4.78 is 26.9. The fourth-order valence-electron chi connectivity index (χ4n) is 3.34. The highest BCUT2D eigenvalue weighted by atomic mass is 16.7. The van der Waals surface area contributed by atoms with Gasteiger partial charge in [0, 0.05) is 12.0 Å². The van der Waals surface area contributed by atoms with Crippen LogP contribution >= 0.6 is 0 Å². The van der Waals surface area contributed by atoms with Gasteiger partial charge in [-0.25, -0.2) is 14.4 Å². The van der Waals surface area contributed by atoms with Gasteiger partial charge in [-0.2, -0.15) is 0 Å². The van der Waals surface area contributed by atoms with Gasteiger partial charge in [-0.15, -0.1) is 0 Å². The van der Waals surface area contributed by atoms with Crippen LogP contribution in [-0.2, 0) is 28.5 Å². The molecule has 0 N–H and O–H groups in total. The van der Waals surface area contributed by atoms with Crippen molar-refractivity contribution in [2.24, 2.45) is 0 Å². The van der Waals surface area contributed by atoms with E-state index in [0.717, 1.165) is 0 Å². The minimum Gasteiger partial charge on any atom is -0.465 e. The third kappa shape index (κ3) is 6.20. The number of hydrogen-bond acceptors (Lipinski definition) is 8. The molecular formula is C25H26O8. The van der Waals surface area contributed by atoms with E-state index in [2.05, 4.69) is 0 Å². The van der Waals surface area contributed by atoms with Gasteiger partial charge in [-0.1, -0.05) is 24.3 Å². The van der Waals surface area contributed by atoms with Crippen LogP contribution in [0.25, 0.3) is 0 Å². The third-order valence-corrected chi connectivity index (χ3v) is 4.82. The SMILES string of the molecule is COC(=O)c1cccc([C@H]2O/C(=C/C(=O)OC(C)C)C[C@@H](c3cccc(C(=O)OC)c3)O2)c1. The molecule has 33 heavy (non-hydrogen) atoms. The normalized spacial score (nSPS) is 19.0. The van der Waals surface area contributed by atoms with E-state index in [0.29, 0.717) is 28.0 Å². The Bertz CT molecular complexity index is 986. The monoisotopic (exact) mass is 454 g/mol. The first-order chi connectivity index (χ1) is 15.8. The minimum atomic E-state index is -0.909. The van der Waals surface area contributed by atoms with Crippen LogP contribution in [-0.4, -0.2) is 38.2 Å². The zero-order valence-electron chi connectivity index (χ0n) is 18.9. The van der Waals surface area contributed by atoms with Crippen LogP contribution in [0.2, 0.25) is 0 Å². The highest BCUT2D eigenvalue weighted by Gasteiger charge is 2.31. The van der Waals surface area contributed by atoms with Crippen molar-refractivity contribution in [3.8, 4) is 0 Å². The third-order valence-electron chi connectivity index (χ3n) is 4.82. The minimum absolute atomic E-state index is 0.241. The Labute approximate surface area is 192 Å². The van der Waals surface area contributed by atoms with Crippen molar-refractivity contribution in [1.82, 2.24) is 0 Å². The lowest BCUT2D eigenvalue weighted by Crippen LogP contribution is -2.22. The summed E-state index contributed by atoms with van der Waals surface area (Å²) in [4.78, 5) is 36.2. The maximum atomic E-state index is 12.2. The molecule has 1 aliphatic rings. The topological polar surface area (TPSA) is 97.4 Å². The first-order valence-corrected chi connectivity index (χ1v) is 10.4. The molecule has 1 aliphatic heterocycles. The van der Waals surface area contributed by atoms with E-state index in [1.165, 1.54) is 20.3 Å². The predicted molar refractivity (Wildman–Crippen MR) is 117 cm³/mol. The largest absolute Gasteiger partial charge is 0.465 e. The summed E-state index contributed by atoms with van der Waals surface area (Å²) in [6.07, 6.45) is -0.197. The molecule has 174 valence electrons. The van der Waals surface area contributed by atoms with Gasteiger partial charge in [-0.05, 0) is 43.7 Å². The van der Waals surface area contributed by atoms with Crippen molar-refractivity contribution in [1.29, 1.82) is 0 Å². The Morgan fingerprint density at radius 2 is 1.52 bits per heavy atom. The summed E-state index contributed by atoms with van der Waals surface area (Å²) in [5.74, 6) is -1.14. The number of rotatable bonds is 6. The molecule has 2 aromatic carbocycles. The molecule has 0 aromatic heterocycles. The molecule has 2 aromatic rings. The summed E-state index contributed by atoms with van der Waals surface area (Å²) in [6.45, 7) is 3.51. The molecule has 1 saturated heterocycles. The van der Waals surface area contributed by atoms with Crippen LogP contribution in [0.1, 0.15) is 64.5 Å². The summed E-state index contributed by atoms with van der Waals surface area (Å²) in [5, 5.41) is 0. The van der Waals surface area contributed by atoms with Gasteiger partial charge in [0.05, 0.1) is 43.6 Å². The highest BCUT2D eigenvalue weighted by molar-refractivity contribution is 5.90. The summed E-state index contributed by atoms with van der Waals surface area (Å²) >= 11 is 0. The van der Waals surface area contributed by atoms with Crippen LogP contribution < -0.4 is 0 Å². The van der Waals surface area contributed by atoms with Crippen molar-refractivity contribution in [2.75, 3.05) is 14.2 Å². The van der Waals surface area contributed by atoms with E-state index in [4.69, 9.17) is 23.7 Å². The maximum absolute atomic E-state index is 12.2. The number of carbonyl (C=O) groups is 3. The predicted octanol–water partition coefficient (Wildman–Crippen LogP) is 4.27. The van der Waals surface area contributed by atoms with Crippen molar-refractivity contribution >= 4 is 17.9 Å². The van der Waals surface area contributed by atoms with E-state index in [1.54, 1.807) is 56.3 Å². The molecule has 0 unspecified atom stereocenters.